The average molecular weight is 250 g/mol. The molecule has 0 bridgehead atoms. The molecule has 1 fully saturated rings. The lowest BCUT2D eigenvalue weighted by Crippen LogP contribution is -2.17. The number of hydrogen-bond acceptors (Lipinski definition) is 2. The third-order valence-electron chi connectivity index (χ3n) is 3.52. The van der Waals surface area contributed by atoms with Gasteiger partial charge < -0.3 is 4.74 Å². The summed E-state index contributed by atoms with van der Waals surface area (Å²) in [6, 6.07) is 4.50. The molecule has 0 N–H and O–H groups in total. The van der Waals surface area contributed by atoms with Crippen LogP contribution in [-0.4, -0.2) is 12.6 Å². The molecule has 0 spiro atoms. The Balaban J connectivity index is 1.92. The molecule has 0 amide bonds. The second-order valence-corrected chi connectivity index (χ2v) is 5.09. The maximum Gasteiger partial charge on any atom is 0.341 e. The number of ether oxygens (including phenoxy) is 1. The molecule has 0 atom stereocenters. The molecule has 0 unspecified atom stereocenters. The summed E-state index contributed by atoms with van der Waals surface area (Å²) in [6.07, 6.45) is 5.92. The third-order valence-corrected chi connectivity index (χ3v) is 3.52. The Kier molecular flexibility index (Phi) is 4.34. The summed E-state index contributed by atoms with van der Waals surface area (Å²) in [5.41, 5.74) is 0.909. The van der Waals surface area contributed by atoms with Crippen molar-refractivity contribution in [2.45, 2.75) is 39.0 Å². The van der Waals surface area contributed by atoms with Gasteiger partial charge >= 0.3 is 5.97 Å². The molecule has 2 nitrogen and oxygen atoms in total. The van der Waals surface area contributed by atoms with Crippen LogP contribution in [0, 0.1) is 18.7 Å². The van der Waals surface area contributed by atoms with E-state index in [2.05, 4.69) is 0 Å². The molecule has 98 valence electrons. The molecular weight excluding hydrogens is 231 g/mol. The number of carbonyl (C=O) groups excluding carboxylic acids is 1. The highest BCUT2D eigenvalue weighted by molar-refractivity contribution is 5.89. The van der Waals surface area contributed by atoms with E-state index in [9.17, 15) is 9.18 Å². The van der Waals surface area contributed by atoms with Crippen LogP contribution in [0.2, 0.25) is 0 Å². The Hall–Kier alpha value is -1.38. The SMILES string of the molecule is Cc1ccc(F)c(C(=O)OCC2CCCCC2)c1. The Bertz CT molecular complexity index is 423. The summed E-state index contributed by atoms with van der Waals surface area (Å²) in [5.74, 6) is -0.591. The van der Waals surface area contributed by atoms with Gasteiger partial charge in [0.2, 0.25) is 0 Å². The summed E-state index contributed by atoms with van der Waals surface area (Å²) >= 11 is 0. The first-order valence-electron chi connectivity index (χ1n) is 6.60. The topological polar surface area (TPSA) is 26.3 Å². The van der Waals surface area contributed by atoms with Crippen LogP contribution in [-0.2, 0) is 4.74 Å². The molecule has 1 aliphatic rings. The predicted molar refractivity (Wildman–Crippen MR) is 68.0 cm³/mol. The zero-order valence-corrected chi connectivity index (χ0v) is 10.7. The van der Waals surface area contributed by atoms with E-state index in [0.717, 1.165) is 18.4 Å². The summed E-state index contributed by atoms with van der Waals surface area (Å²) in [4.78, 5) is 11.8. The highest BCUT2D eigenvalue weighted by Crippen LogP contribution is 2.24. The first-order chi connectivity index (χ1) is 8.66. The molecule has 0 saturated heterocycles. The van der Waals surface area contributed by atoms with E-state index in [4.69, 9.17) is 4.74 Å². The highest BCUT2D eigenvalue weighted by Gasteiger charge is 2.18. The zero-order valence-electron chi connectivity index (χ0n) is 10.7. The van der Waals surface area contributed by atoms with Crippen molar-refractivity contribution in [1.82, 2.24) is 0 Å². The van der Waals surface area contributed by atoms with Gasteiger partial charge in [0.05, 0.1) is 12.2 Å². The lowest BCUT2D eigenvalue weighted by atomic mass is 9.90. The van der Waals surface area contributed by atoms with Gasteiger partial charge in [0.1, 0.15) is 5.82 Å². The largest absolute Gasteiger partial charge is 0.462 e. The second kappa shape index (κ2) is 5.98. The second-order valence-electron chi connectivity index (χ2n) is 5.09. The van der Waals surface area contributed by atoms with Gasteiger partial charge in [0.25, 0.3) is 0 Å². The molecule has 0 radical (unpaired) electrons. The van der Waals surface area contributed by atoms with Crippen LogP contribution in [0.25, 0.3) is 0 Å². The van der Waals surface area contributed by atoms with E-state index in [1.807, 2.05) is 6.92 Å². The molecule has 1 aliphatic carbocycles. The first kappa shape index (κ1) is 13.1. The standard InChI is InChI=1S/C15H19FO2/c1-11-7-8-14(16)13(9-11)15(17)18-10-12-5-3-2-4-6-12/h7-9,12H,2-6,10H2,1H3. The summed E-state index contributed by atoms with van der Waals surface area (Å²) < 4.78 is 18.7. The van der Waals surface area contributed by atoms with Gasteiger partial charge in [-0.3, -0.25) is 0 Å². The summed E-state index contributed by atoms with van der Waals surface area (Å²) in [7, 11) is 0. The molecule has 1 aromatic rings. The van der Waals surface area contributed by atoms with Gasteiger partial charge in [-0.1, -0.05) is 30.9 Å². The quantitative estimate of drug-likeness (QED) is 0.761. The number of esters is 1. The zero-order chi connectivity index (χ0) is 13.0. The van der Waals surface area contributed by atoms with Crippen molar-refractivity contribution in [3.8, 4) is 0 Å². The van der Waals surface area contributed by atoms with Gasteiger partial charge in [0, 0.05) is 0 Å². The van der Waals surface area contributed by atoms with Crippen molar-refractivity contribution >= 4 is 5.97 Å². The number of hydrogen-bond donors (Lipinski definition) is 0. The lowest BCUT2D eigenvalue weighted by Gasteiger charge is -2.21. The summed E-state index contributed by atoms with van der Waals surface area (Å²) in [6.45, 7) is 2.25. The lowest BCUT2D eigenvalue weighted by molar-refractivity contribution is 0.0405. The number of aryl methyl sites for hydroxylation is 1. The minimum atomic E-state index is -0.540. The Morgan fingerprint density at radius 1 is 1.33 bits per heavy atom. The van der Waals surface area contributed by atoms with Crippen molar-refractivity contribution in [1.29, 1.82) is 0 Å². The monoisotopic (exact) mass is 250 g/mol. The van der Waals surface area contributed by atoms with Crippen molar-refractivity contribution in [3.05, 3.63) is 35.1 Å². The maximum absolute atomic E-state index is 13.5. The van der Waals surface area contributed by atoms with Gasteiger partial charge in [-0.2, -0.15) is 0 Å². The summed E-state index contributed by atoms with van der Waals surface area (Å²) in [5, 5.41) is 0. The van der Waals surface area contributed by atoms with E-state index in [-0.39, 0.29) is 5.56 Å². The number of halogens is 1. The van der Waals surface area contributed by atoms with E-state index in [1.165, 1.54) is 25.3 Å². The van der Waals surface area contributed by atoms with Crippen LogP contribution in [0.15, 0.2) is 18.2 Å². The van der Waals surface area contributed by atoms with Crippen LogP contribution in [0.4, 0.5) is 4.39 Å². The van der Waals surface area contributed by atoms with Crippen LogP contribution in [0.5, 0.6) is 0 Å². The minimum Gasteiger partial charge on any atom is -0.462 e. The Morgan fingerprint density at radius 3 is 2.78 bits per heavy atom. The average Bonchev–Trinajstić information content (AvgIpc) is 2.40. The number of benzene rings is 1. The molecule has 18 heavy (non-hydrogen) atoms. The van der Waals surface area contributed by atoms with Crippen LogP contribution in [0.1, 0.15) is 48.0 Å². The molecule has 0 aliphatic heterocycles. The molecule has 1 aromatic carbocycles. The third kappa shape index (κ3) is 3.31. The van der Waals surface area contributed by atoms with E-state index in [1.54, 1.807) is 12.1 Å². The normalized spacial score (nSPS) is 16.6. The van der Waals surface area contributed by atoms with Crippen LogP contribution < -0.4 is 0 Å². The van der Waals surface area contributed by atoms with Gasteiger partial charge in [-0.15, -0.1) is 0 Å². The maximum atomic E-state index is 13.5. The number of rotatable bonds is 3. The molecular formula is C15H19FO2. The van der Waals surface area contributed by atoms with E-state index in [0.29, 0.717) is 12.5 Å². The van der Waals surface area contributed by atoms with Crippen LogP contribution in [0.3, 0.4) is 0 Å². The fourth-order valence-electron chi connectivity index (χ4n) is 2.42. The Labute approximate surface area is 107 Å². The smallest absolute Gasteiger partial charge is 0.341 e. The fraction of sp³-hybridized carbons (Fsp3) is 0.533. The van der Waals surface area contributed by atoms with Crippen molar-refractivity contribution in [2.24, 2.45) is 5.92 Å². The number of carbonyl (C=O) groups is 1. The minimum absolute atomic E-state index is 0.0470. The first-order valence-corrected chi connectivity index (χ1v) is 6.60. The van der Waals surface area contributed by atoms with Gasteiger partial charge in [0.15, 0.2) is 0 Å². The van der Waals surface area contributed by atoms with E-state index < -0.39 is 11.8 Å². The van der Waals surface area contributed by atoms with Gasteiger partial charge in [-0.25, -0.2) is 9.18 Å². The van der Waals surface area contributed by atoms with Crippen LogP contribution >= 0.6 is 0 Å². The molecule has 0 aromatic heterocycles. The molecule has 3 heteroatoms. The highest BCUT2D eigenvalue weighted by atomic mass is 19.1. The predicted octanol–water partition coefficient (Wildman–Crippen LogP) is 3.87. The molecule has 1 saturated carbocycles. The van der Waals surface area contributed by atoms with Crippen molar-refractivity contribution in [3.63, 3.8) is 0 Å². The van der Waals surface area contributed by atoms with Crippen molar-refractivity contribution in [2.75, 3.05) is 6.61 Å². The van der Waals surface area contributed by atoms with Gasteiger partial charge in [-0.05, 0) is 37.8 Å². The molecule has 2 rings (SSSR count). The fourth-order valence-corrected chi connectivity index (χ4v) is 2.42. The van der Waals surface area contributed by atoms with E-state index >= 15 is 0 Å². The Morgan fingerprint density at radius 2 is 2.06 bits per heavy atom. The molecule has 0 heterocycles. The van der Waals surface area contributed by atoms with Crippen molar-refractivity contribution < 1.29 is 13.9 Å².